The highest BCUT2D eigenvalue weighted by Gasteiger charge is 2.21. The summed E-state index contributed by atoms with van der Waals surface area (Å²) >= 11 is 0. The number of hydrogen-bond donors (Lipinski definition) is 2. The van der Waals surface area contributed by atoms with Crippen LogP contribution in [0.4, 0.5) is 8.78 Å². The van der Waals surface area contributed by atoms with Crippen molar-refractivity contribution >= 4 is 11.0 Å². The second-order valence-electron chi connectivity index (χ2n) is 6.85. The van der Waals surface area contributed by atoms with Gasteiger partial charge in [-0.25, -0.2) is 13.8 Å². The van der Waals surface area contributed by atoms with Crippen LogP contribution in [0.5, 0.6) is 0 Å². The van der Waals surface area contributed by atoms with Crippen LogP contribution in [0.2, 0.25) is 0 Å². The maximum atomic E-state index is 13.5. The second-order valence-corrected chi connectivity index (χ2v) is 6.85. The van der Waals surface area contributed by atoms with Gasteiger partial charge in [0.05, 0.1) is 11.8 Å². The molecule has 0 radical (unpaired) electrons. The third-order valence-corrected chi connectivity index (χ3v) is 4.75. The molecule has 1 unspecified atom stereocenters. The van der Waals surface area contributed by atoms with Gasteiger partial charge in [0, 0.05) is 48.2 Å². The molecule has 0 aliphatic carbocycles. The number of aryl methyl sites for hydroxylation is 1. The number of fused-ring (bicyclic) bond motifs is 1. The lowest BCUT2D eigenvalue weighted by Gasteiger charge is -2.07. The molecule has 0 fully saturated rings. The van der Waals surface area contributed by atoms with E-state index in [4.69, 9.17) is 10.2 Å². The van der Waals surface area contributed by atoms with Crippen LogP contribution < -0.4 is 5.73 Å². The zero-order valence-electron chi connectivity index (χ0n) is 15.7. The van der Waals surface area contributed by atoms with Crippen molar-refractivity contribution in [3.05, 3.63) is 72.1 Å². The molecule has 0 amide bonds. The molecule has 0 saturated heterocycles. The largest absolute Gasteiger partial charge is 0.419 e. The first-order chi connectivity index (χ1) is 14.5. The minimum Gasteiger partial charge on any atom is -0.419 e. The molecule has 150 valence electrons. The van der Waals surface area contributed by atoms with Crippen molar-refractivity contribution < 1.29 is 13.2 Å². The molecule has 3 N–H and O–H groups in total. The van der Waals surface area contributed by atoms with E-state index in [0.717, 1.165) is 34.7 Å². The normalized spacial score (nSPS) is 12.5. The molecule has 0 aliphatic rings. The Bertz CT molecular complexity index is 1350. The van der Waals surface area contributed by atoms with Crippen LogP contribution in [0.3, 0.4) is 0 Å². The highest BCUT2D eigenvalue weighted by Crippen LogP contribution is 2.31. The van der Waals surface area contributed by atoms with Gasteiger partial charge in [-0.15, -0.1) is 10.2 Å². The van der Waals surface area contributed by atoms with Gasteiger partial charge in [-0.2, -0.15) is 5.10 Å². The monoisotopic (exact) mass is 407 g/mol. The molecule has 0 bridgehead atoms. The van der Waals surface area contributed by atoms with Gasteiger partial charge < -0.3 is 15.1 Å². The Morgan fingerprint density at radius 2 is 1.87 bits per heavy atom. The number of nitrogens with one attached hydrogen (secondary N) is 1. The topological polar surface area (TPSA) is 111 Å². The number of benzene rings is 1. The number of halogens is 2. The van der Waals surface area contributed by atoms with Crippen molar-refractivity contribution in [3.8, 4) is 22.6 Å². The molecule has 5 rings (SSSR count). The van der Waals surface area contributed by atoms with E-state index in [1.54, 1.807) is 23.3 Å². The quantitative estimate of drug-likeness (QED) is 0.473. The summed E-state index contributed by atoms with van der Waals surface area (Å²) in [6.07, 6.45) is 7.08. The van der Waals surface area contributed by atoms with Gasteiger partial charge in [0.15, 0.2) is 0 Å². The minimum absolute atomic E-state index is 0.0423. The average molecular weight is 407 g/mol. The number of aromatic nitrogens is 6. The van der Waals surface area contributed by atoms with Crippen LogP contribution >= 0.6 is 0 Å². The summed E-state index contributed by atoms with van der Waals surface area (Å²) in [5.41, 5.74) is 9.35. The smallest absolute Gasteiger partial charge is 0.250 e. The molecule has 10 heteroatoms. The van der Waals surface area contributed by atoms with Crippen LogP contribution in [0.25, 0.3) is 33.6 Å². The Morgan fingerprint density at radius 3 is 2.60 bits per heavy atom. The molecular weight excluding hydrogens is 392 g/mol. The molecule has 1 aromatic carbocycles. The van der Waals surface area contributed by atoms with E-state index in [1.165, 1.54) is 0 Å². The molecular formula is C20H15F2N7O. The van der Waals surface area contributed by atoms with E-state index in [-0.39, 0.29) is 17.3 Å². The zero-order chi connectivity index (χ0) is 20.8. The second kappa shape index (κ2) is 6.85. The Labute approximate surface area is 168 Å². The van der Waals surface area contributed by atoms with E-state index in [2.05, 4.69) is 25.3 Å². The summed E-state index contributed by atoms with van der Waals surface area (Å²) in [6.45, 7) is 0. The number of nitrogens with two attached hydrogens (primary N) is 1. The van der Waals surface area contributed by atoms with Gasteiger partial charge in [-0.1, -0.05) is 0 Å². The van der Waals surface area contributed by atoms with Gasteiger partial charge >= 0.3 is 0 Å². The lowest BCUT2D eigenvalue weighted by Crippen LogP contribution is -2.13. The van der Waals surface area contributed by atoms with Crippen LogP contribution in [0, 0.1) is 11.6 Å². The highest BCUT2D eigenvalue weighted by molar-refractivity contribution is 5.93. The minimum atomic E-state index is -0.967. The Kier molecular flexibility index (Phi) is 4.14. The predicted molar refractivity (Wildman–Crippen MR) is 104 cm³/mol. The summed E-state index contributed by atoms with van der Waals surface area (Å²) in [7, 11) is 1.84. The maximum absolute atomic E-state index is 13.5. The fourth-order valence-electron chi connectivity index (χ4n) is 3.27. The number of rotatable bonds is 4. The molecule has 5 aromatic rings. The molecule has 0 aliphatic heterocycles. The molecule has 0 spiro atoms. The highest BCUT2D eigenvalue weighted by atomic mass is 19.1. The third kappa shape index (κ3) is 3.12. The van der Waals surface area contributed by atoms with Gasteiger partial charge in [-0.3, -0.25) is 4.68 Å². The molecule has 0 saturated carbocycles. The number of aromatic amines is 1. The first-order valence-corrected chi connectivity index (χ1v) is 8.99. The molecule has 30 heavy (non-hydrogen) atoms. The van der Waals surface area contributed by atoms with E-state index in [9.17, 15) is 8.78 Å². The molecule has 8 nitrogen and oxygen atoms in total. The number of nitrogens with zero attached hydrogens (tertiary/aromatic N) is 5. The van der Waals surface area contributed by atoms with Crippen molar-refractivity contribution in [2.75, 3.05) is 0 Å². The van der Waals surface area contributed by atoms with Crippen molar-refractivity contribution in [2.24, 2.45) is 12.8 Å². The number of pyridine rings is 1. The van der Waals surface area contributed by atoms with Crippen molar-refractivity contribution in [3.63, 3.8) is 0 Å². The summed E-state index contributed by atoms with van der Waals surface area (Å²) in [6, 6.07) is 4.01. The first kappa shape index (κ1) is 18.1. The summed E-state index contributed by atoms with van der Waals surface area (Å²) in [4.78, 5) is 7.50. The van der Waals surface area contributed by atoms with Crippen LogP contribution in [-0.2, 0) is 7.05 Å². The summed E-state index contributed by atoms with van der Waals surface area (Å²) < 4.78 is 34.4. The summed E-state index contributed by atoms with van der Waals surface area (Å²) in [5, 5.41) is 13.0. The van der Waals surface area contributed by atoms with E-state index in [1.807, 2.05) is 19.3 Å². The van der Waals surface area contributed by atoms with Gasteiger partial charge in [0.25, 0.3) is 0 Å². The van der Waals surface area contributed by atoms with Crippen molar-refractivity contribution in [1.82, 2.24) is 29.9 Å². The Balaban J connectivity index is 1.52. The Hall–Kier alpha value is -3.92. The maximum Gasteiger partial charge on any atom is 0.250 e. The lowest BCUT2D eigenvalue weighted by molar-refractivity contribution is 0.481. The fraction of sp³-hybridized carbons (Fsp3) is 0.100. The van der Waals surface area contributed by atoms with Gasteiger partial charge in [0.2, 0.25) is 11.8 Å². The van der Waals surface area contributed by atoms with Crippen LogP contribution in [-0.4, -0.2) is 29.9 Å². The first-order valence-electron chi connectivity index (χ1n) is 8.99. The van der Waals surface area contributed by atoms with E-state index in [0.29, 0.717) is 11.2 Å². The molecule has 1 atom stereocenters. The number of hydrogen-bond acceptors (Lipinski definition) is 6. The van der Waals surface area contributed by atoms with Crippen LogP contribution in [0.1, 0.15) is 17.5 Å². The average Bonchev–Trinajstić information content (AvgIpc) is 3.45. The van der Waals surface area contributed by atoms with Gasteiger partial charge in [0.1, 0.15) is 23.3 Å². The van der Waals surface area contributed by atoms with Crippen molar-refractivity contribution in [1.29, 1.82) is 0 Å². The standard InChI is InChI=1S/C20H15F2N7O/c1-29-9-12(7-26-29)11-4-15-16(8-25-18(15)24-6-11)19-27-28-20(30-19)17(23)10-2-13(21)5-14(22)3-10/h2-9,17H,23H2,1H3,(H,24,25). The predicted octanol–water partition coefficient (Wildman–Crippen LogP) is 3.34. The van der Waals surface area contributed by atoms with Crippen LogP contribution in [0.15, 0.2) is 53.5 Å². The van der Waals surface area contributed by atoms with Crippen molar-refractivity contribution in [2.45, 2.75) is 6.04 Å². The SMILES string of the molecule is Cn1cc(-c2cnc3[nH]cc(-c4nnc(C(N)c5cc(F)cc(F)c5)o4)c3c2)cn1. The number of H-pyrrole nitrogens is 1. The molecule has 4 heterocycles. The summed E-state index contributed by atoms with van der Waals surface area (Å²) in [5.74, 6) is -1.20. The lowest BCUT2D eigenvalue weighted by atomic mass is 10.1. The third-order valence-electron chi connectivity index (χ3n) is 4.75. The Morgan fingerprint density at radius 1 is 1.07 bits per heavy atom. The van der Waals surface area contributed by atoms with E-state index < -0.39 is 17.7 Å². The molecule has 4 aromatic heterocycles. The fourth-order valence-corrected chi connectivity index (χ4v) is 3.27. The van der Waals surface area contributed by atoms with Gasteiger partial charge in [-0.05, 0) is 23.8 Å². The zero-order valence-corrected chi connectivity index (χ0v) is 15.7. The van der Waals surface area contributed by atoms with E-state index >= 15 is 0 Å².